The smallest absolute Gasteiger partial charge is 0.350 e. The summed E-state index contributed by atoms with van der Waals surface area (Å²) < 4.78 is 8.34. The maximum Gasteiger partial charge on any atom is 0.350 e. The summed E-state index contributed by atoms with van der Waals surface area (Å²) in [4.78, 5) is 25.4. The molecular formula is C25H32Cl2N8O2S. The van der Waals surface area contributed by atoms with Crippen molar-refractivity contribution in [2.75, 3.05) is 23.5 Å². The van der Waals surface area contributed by atoms with Crippen LogP contribution in [0.5, 0.6) is 5.75 Å². The highest BCUT2D eigenvalue weighted by atomic mass is 35.5. The molecule has 2 aromatic heterocycles. The topological polar surface area (TPSA) is 112 Å². The Balaban J connectivity index is 0.000000223. The maximum absolute atomic E-state index is 12.5. The molecule has 0 spiro atoms. The van der Waals surface area contributed by atoms with Crippen molar-refractivity contribution in [3.8, 4) is 23.8 Å². The molecule has 38 heavy (non-hydrogen) atoms. The highest BCUT2D eigenvalue weighted by Gasteiger charge is 2.20. The number of nitrogens with one attached hydrogen (secondary N) is 2. The summed E-state index contributed by atoms with van der Waals surface area (Å²) in [6, 6.07) is 3.73. The zero-order valence-corrected chi connectivity index (χ0v) is 24.4. The van der Waals surface area contributed by atoms with E-state index >= 15 is 0 Å². The fourth-order valence-corrected chi connectivity index (χ4v) is 4.43. The van der Waals surface area contributed by atoms with Crippen LogP contribution >= 0.6 is 35.0 Å². The number of aromatic nitrogens is 6. The molecule has 3 aromatic rings. The molecule has 1 aromatic carbocycles. The molecule has 0 amide bonds. The van der Waals surface area contributed by atoms with Crippen LogP contribution in [0.2, 0.25) is 10.0 Å². The van der Waals surface area contributed by atoms with Crippen molar-refractivity contribution < 1.29 is 4.74 Å². The molecule has 0 saturated carbocycles. The van der Waals surface area contributed by atoms with Gasteiger partial charge in [-0.2, -0.15) is 19.6 Å². The van der Waals surface area contributed by atoms with Crippen molar-refractivity contribution in [2.45, 2.75) is 70.7 Å². The molecule has 1 aliphatic rings. The molecule has 2 N–H and O–H groups in total. The second-order valence-electron chi connectivity index (χ2n) is 9.01. The van der Waals surface area contributed by atoms with Gasteiger partial charge in [-0.3, -0.25) is 4.57 Å². The van der Waals surface area contributed by atoms with Gasteiger partial charge < -0.3 is 15.4 Å². The van der Waals surface area contributed by atoms with E-state index < -0.39 is 0 Å². The van der Waals surface area contributed by atoms with E-state index in [1.165, 1.54) is 22.5 Å². The maximum atomic E-state index is 12.5. The summed E-state index contributed by atoms with van der Waals surface area (Å²) in [5.74, 6) is 4.76. The SMILES string of the molecule is C#CCOc1cc(-n2nc3n(c2=O)CCCC3)c(Cl)cc1Cl.CSc1nc(NC(C)C)nc(NC(C)C)n1. The van der Waals surface area contributed by atoms with Gasteiger partial charge in [-0.05, 0) is 52.9 Å². The summed E-state index contributed by atoms with van der Waals surface area (Å²) in [6.45, 7) is 8.97. The third-order valence-corrected chi connectivity index (χ3v) is 6.29. The first-order valence-electron chi connectivity index (χ1n) is 12.2. The summed E-state index contributed by atoms with van der Waals surface area (Å²) >= 11 is 13.8. The first kappa shape index (κ1) is 29.6. The van der Waals surface area contributed by atoms with E-state index in [1.807, 2.05) is 6.26 Å². The van der Waals surface area contributed by atoms with Gasteiger partial charge in [-0.1, -0.05) is 40.9 Å². The van der Waals surface area contributed by atoms with Gasteiger partial charge >= 0.3 is 5.69 Å². The number of rotatable bonds is 8. The lowest BCUT2D eigenvalue weighted by molar-refractivity contribution is 0.370. The second-order valence-corrected chi connectivity index (χ2v) is 10.6. The number of thioether (sulfide) groups is 1. The molecule has 0 fully saturated rings. The van der Waals surface area contributed by atoms with Crippen LogP contribution in [0.25, 0.3) is 5.69 Å². The molecule has 0 unspecified atom stereocenters. The zero-order chi connectivity index (χ0) is 27.8. The van der Waals surface area contributed by atoms with Crippen LogP contribution in [0, 0.1) is 12.3 Å². The van der Waals surface area contributed by atoms with Crippen LogP contribution in [0.4, 0.5) is 11.9 Å². The Kier molecular flexibility index (Phi) is 10.7. The predicted molar refractivity (Wildman–Crippen MR) is 154 cm³/mol. The van der Waals surface area contributed by atoms with E-state index in [-0.39, 0.29) is 12.3 Å². The van der Waals surface area contributed by atoms with Crippen LogP contribution in [0.1, 0.15) is 46.4 Å². The molecule has 204 valence electrons. The number of terminal acetylenes is 1. The fraction of sp³-hybridized carbons (Fsp3) is 0.480. The van der Waals surface area contributed by atoms with Gasteiger partial charge in [0.05, 0.1) is 15.7 Å². The Labute approximate surface area is 236 Å². The largest absolute Gasteiger partial charge is 0.479 e. The average Bonchev–Trinajstić information content (AvgIpc) is 3.19. The summed E-state index contributed by atoms with van der Waals surface area (Å²) in [6.07, 6.45) is 9.92. The molecule has 0 saturated heterocycles. The second kappa shape index (κ2) is 13.7. The number of benzene rings is 1. The van der Waals surface area contributed by atoms with Crippen LogP contribution in [0.15, 0.2) is 22.1 Å². The lowest BCUT2D eigenvalue weighted by atomic mass is 10.2. The Morgan fingerprint density at radius 2 is 1.74 bits per heavy atom. The molecule has 1 aliphatic heterocycles. The Morgan fingerprint density at radius 3 is 2.29 bits per heavy atom. The summed E-state index contributed by atoms with van der Waals surface area (Å²) in [7, 11) is 0. The van der Waals surface area contributed by atoms with Crippen molar-refractivity contribution >= 4 is 46.9 Å². The molecule has 0 atom stereocenters. The first-order chi connectivity index (χ1) is 18.1. The van der Waals surface area contributed by atoms with Gasteiger partial charge in [-0.15, -0.1) is 11.5 Å². The van der Waals surface area contributed by atoms with E-state index in [0.717, 1.165) is 30.2 Å². The van der Waals surface area contributed by atoms with Crippen molar-refractivity contribution in [1.29, 1.82) is 0 Å². The number of nitrogens with zero attached hydrogens (tertiary/aromatic N) is 6. The third-order valence-electron chi connectivity index (χ3n) is 5.14. The van der Waals surface area contributed by atoms with Crippen LogP contribution in [-0.4, -0.2) is 54.2 Å². The molecule has 0 radical (unpaired) electrons. The number of ether oxygens (including phenoxy) is 1. The van der Waals surface area contributed by atoms with E-state index in [4.69, 9.17) is 34.4 Å². The minimum absolute atomic E-state index is 0.0788. The normalized spacial score (nSPS) is 12.4. The van der Waals surface area contributed by atoms with E-state index in [0.29, 0.717) is 52.0 Å². The van der Waals surface area contributed by atoms with Gasteiger partial charge in [0.15, 0.2) is 5.16 Å². The number of halogens is 2. The zero-order valence-electron chi connectivity index (χ0n) is 22.1. The van der Waals surface area contributed by atoms with Gasteiger partial charge in [-0.25, -0.2) is 4.79 Å². The van der Waals surface area contributed by atoms with Crippen LogP contribution < -0.4 is 21.1 Å². The molecule has 3 heterocycles. The minimum atomic E-state index is -0.207. The number of hydrogen-bond acceptors (Lipinski definition) is 9. The van der Waals surface area contributed by atoms with Gasteiger partial charge in [0.1, 0.15) is 18.2 Å². The minimum Gasteiger partial charge on any atom is -0.479 e. The lowest BCUT2D eigenvalue weighted by Crippen LogP contribution is -2.26. The van der Waals surface area contributed by atoms with Crippen molar-refractivity contribution in [2.24, 2.45) is 0 Å². The van der Waals surface area contributed by atoms with Gasteiger partial charge in [0.25, 0.3) is 0 Å². The van der Waals surface area contributed by atoms with Crippen molar-refractivity contribution in [3.63, 3.8) is 0 Å². The molecular weight excluding hydrogens is 547 g/mol. The Bertz CT molecular complexity index is 1320. The standard InChI is InChI=1S/C15H13Cl2N3O2.C10H19N5S/c1-2-7-22-13-9-12(10(16)8-11(13)17)20-15(21)19-6-4-3-5-14(19)18-20;1-6(2)11-8-13-9(12-7(3)4)15-10(14-8)16-5/h1,8-9H,3-7H2;6-7H,1-5H3,(H2,11,12,13,14,15). The monoisotopic (exact) mass is 578 g/mol. The van der Waals surface area contributed by atoms with E-state index in [1.54, 1.807) is 10.6 Å². The van der Waals surface area contributed by atoms with Crippen LogP contribution in [-0.2, 0) is 13.0 Å². The number of hydrogen-bond donors (Lipinski definition) is 2. The van der Waals surface area contributed by atoms with Gasteiger partial charge in [0.2, 0.25) is 11.9 Å². The quantitative estimate of drug-likeness (QED) is 0.284. The van der Waals surface area contributed by atoms with E-state index in [2.05, 4.69) is 64.3 Å². The number of aryl methyl sites for hydroxylation is 1. The first-order valence-corrected chi connectivity index (χ1v) is 14.2. The highest BCUT2D eigenvalue weighted by Crippen LogP contribution is 2.32. The molecule has 0 bridgehead atoms. The number of fused-ring (bicyclic) bond motifs is 1. The predicted octanol–water partition coefficient (Wildman–Crippen LogP) is 4.92. The average molecular weight is 580 g/mol. The van der Waals surface area contributed by atoms with Crippen molar-refractivity contribution in [3.05, 3.63) is 38.5 Å². The molecule has 10 nitrogen and oxygen atoms in total. The molecule has 4 rings (SSSR count). The Hall–Kier alpha value is -2.94. The summed E-state index contributed by atoms with van der Waals surface area (Å²) in [5.41, 5.74) is 0.229. The van der Waals surface area contributed by atoms with Crippen LogP contribution in [0.3, 0.4) is 0 Å². The Morgan fingerprint density at radius 1 is 1.08 bits per heavy atom. The fourth-order valence-electron chi connectivity index (χ4n) is 3.56. The van der Waals surface area contributed by atoms with Gasteiger partial charge in [0, 0.05) is 31.1 Å². The molecule has 0 aliphatic carbocycles. The lowest BCUT2D eigenvalue weighted by Gasteiger charge is -2.12. The highest BCUT2D eigenvalue weighted by molar-refractivity contribution is 7.98. The third kappa shape index (κ3) is 7.79. The molecule has 13 heteroatoms. The summed E-state index contributed by atoms with van der Waals surface area (Å²) in [5, 5.41) is 12.1. The number of anilines is 2. The van der Waals surface area contributed by atoms with Crippen molar-refractivity contribution in [1.82, 2.24) is 29.3 Å². The van der Waals surface area contributed by atoms with E-state index in [9.17, 15) is 4.79 Å².